The summed E-state index contributed by atoms with van der Waals surface area (Å²) in [5.41, 5.74) is 1.52. The van der Waals surface area contributed by atoms with Crippen LogP contribution >= 0.6 is 0 Å². The highest BCUT2D eigenvalue weighted by Crippen LogP contribution is 2.26. The van der Waals surface area contributed by atoms with Gasteiger partial charge in [0.1, 0.15) is 28.7 Å². The molecule has 13 heteroatoms. The highest BCUT2D eigenvalue weighted by Gasteiger charge is 2.17. The number of esters is 2. The number of nitrogens with one attached hydrogen (secondary N) is 2. The summed E-state index contributed by atoms with van der Waals surface area (Å²) in [7, 11) is 2.99. The smallest absolute Gasteiger partial charge is 0.344 e. The van der Waals surface area contributed by atoms with Crippen LogP contribution in [0.25, 0.3) is 0 Å². The second kappa shape index (κ2) is 19.9. The molecule has 2 amide bonds. The lowest BCUT2D eigenvalue weighted by Gasteiger charge is -2.13. The Kier molecular flexibility index (Phi) is 15.4. The third kappa shape index (κ3) is 12.0. The number of carbonyl (C=O) groups is 4. The summed E-state index contributed by atoms with van der Waals surface area (Å²) < 4.78 is 37.0. The number of carbonyl (C=O) groups excluding carboxylic acids is 4. The predicted molar refractivity (Wildman–Crippen MR) is 175 cm³/mol. The lowest BCUT2D eigenvalue weighted by molar-refractivity contribution is -0.146. The Labute approximate surface area is 279 Å². The first kappa shape index (κ1) is 37.0. The van der Waals surface area contributed by atoms with Gasteiger partial charge in [-0.3, -0.25) is 9.59 Å². The first-order valence-electron chi connectivity index (χ1n) is 15.5. The number of hydrogen-bond donors (Lipinski definition) is 2. The van der Waals surface area contributed by atoms with Crippen molar-refractivity contribution in [1.82, 2.24) is 10.6 Å². The SMILES string of the molecule is CCOC(=O)COc1cc(OC)ccc1C(=O)NCCCOc1ccc(CCNC(=O)c2ccc(OC)cc2OCC(=O)OCC)cc1. The van der Waals surface area contributed by atoms with Crippen molar-refractivity contribution in [3.8, 4) is 28.7 Å². The maximum Gasteiger partial charge on any atom is 0.344 e. The molecule has 0 atom stereocenters. The van der Waals surface area contributed by atoms with Gasteiger partial charge in [0.25, 0.3) is 11.8 Å². The average molecular weight is 667 g/mol. The number of benzene rings is 3. The molecule has 3 aromatic carbocycles. The van der Waals surface area contributed by atoms with E-state index in [4.69, 9.17) is 33.2 Å². The predicted octanol–water partition coefficient (Wildman–Crippen LogP) is 3.76. The van der Waals surface area contributed by atoms with Gasteiger partial charge in [-0.2, -0.15) is 0 Å². The molecule has 3 aromatic rings. The summed E-state index contributed by atoms with van der Waals surface area (Å²) in [6.45, 7) is 4.28. The van der Waals surface area contributed by atoms with Gasteiger partial charge >= 0.3 is 11.9 Å². The molecule has 0 unspecified atom stereocenters. The van der Waals surface area contributed by atoms with Crippen LogP contribution in [0.4, 0.5) is 0 Å². The normalized spacial score (nSPS) is 10.3. The van der Waals surface area contributed by atoms with Crippen molar-refractivity contribution in [1.29, 1.82) is 0 Å². The summed E-state index contributed by atoms with van der Waals surface area (Å²) in [5.74, 6) is 0.271. The molecule has 258 valence electrons. The van der Waals surface area contributed by atoms with E-state index in [1.54, 1.807) is 44.2 Å². The standard InChI is InChI=1S/C35H42N2O11/c1-5-44-32(38)22-47-30-20-26(42-3)12-14-28(30)34(40)36-17-7-19-46-25-10-8-24(9-11-25)16-18-37-35(41)29-15-13-27(43-4)21-31(29)48-23-33(39)45-6-2/h8-15,20-21H,5-7,16-19,22-23H2,1-4H3,(H,36,40)(H,37,41). The zero-order chi connectivity index (χ0) is 34.7. The second-order valence-corrected chi connectivity index (χ2v) is 10.0. The second-order valence-electron chi connectivity index (χ2n) is 10.0. The zero-order valence-electron chi connectivity index (χ0n) is 27.6. The van der Waals surface area contributed by atoms with Crippen LogP contribution in [0.2, 0.25) is 0 Å². The first-order valence-corrected chi connectivity index (χ1v) is 15.5. The largest absolute Gasteiger partial charge is 0.497 e. The summed E-state index contributed by atoms with van der Waals surface area (Å²) in [6, 6.07) is 17.0. The van der Waals surface area contributed by atoms with Gasteiger partial charge in [0.05, 0.1) is 45.2 Å². The Balaban J connectivity index is 1.41. The molecule has 0 aliphatic rings. The van der Waals surface area contributed by atoms with E-state index < -0.39 is 11.9 Å². The average Bonchev–Trinajstić information content (AvgIpc) is 3.10. The van der Waals surface area contributed by atoms with E-state index in [2.05, 4.69) is 10.6 Å². The van der Waals surface area contributed by atoms with E-state index in [0.717, 1.165) is 5.56 Å². The van der Waals surface area contributed by atoms with Crippen LogP contribution in [0.15, 0.2) is 60.7 Å². The minimum atomic E-state index is -0.539. The molecule has 13 nitrogen and oxygen atoms in total. The van der Waals surface area contributed by atoms with E-state index in [-0.39, 0.29) is 60.9 Å². The van der Waals surface area contributed by atoms with E-state index >= 15 is 0 Å². The summed E-state index contributed by atoms with van der Waals surface area (Å²) in [5, 5.41) is 5.70. The molecule has 48 heavy (non-hydrogen) atoms. The molecule has 0 spiro atoms. The van der Waals surface area contributed by atoms with Crippen LogP contribution in [0.5, 0.6) is 28.7 Å². The highest BCUT2D eigenvalue weighted by atomic mass is 16.6. The maximum atomic E-state index is 12.9. The molecule has 0 fully saturated rings. The van der Waals surface area contributed by atoms with Crippen molar-refractivity contribution >= 4 is 23.8 Å². The van der Waals surface area contributed by atoms with Crippen molar-refractivity contribution in [2.75, 3.05) is 60.3 Å². The summed E-state index contributed by atoms with van der Waals surface area (Å²) in [4.78, 5) is 49.1. The Morgan fingerprint density at radius 3 is 1.56 bits per heavy atom. The number of amides is 2. The molecule has 0 aromatic heterocycles. The Hall–Kier alpha value is -5.46. The monoisotopic (exact) mass is 666 g/mol. The quantitative estimate of drug-likeness (QED) is 0.134. The van der Waals surface area contributed by atoms with Crippen molar-refractivity contribution in [3.63, 3.8) is 0 Å². The molecule has 0 heterocycles. The Morgan fingerprint density at radius 1 is 0.604 bits per heavy atom. The Bertz CT molecular complexity index is 1510. The fourth-order valence-electron chi connectivity index (χ4n) is 4.28. The highest BCUT2D eigenvalue weighted by molar-refractivity contribution is 5.97. The molecule has 3 rings (SSSR count). The number of ether oxygens (including phenoxy) is 7. The van der Waals surface area contributed by atoms with Gasteiger partial charge in [-0.05, 0) is 68.7 Å². The molecule has 0 saturated carbocycles. The topological polar surface area (TPSA) is 157 Å². The summed E-state index contributed by atoms with van der Waals surface area (Å²) in [6.07, 6.45) is 1.12. The van der Waals surface area contributed by atoms with Crippen LogP contribution < -0.4 is 34.3 Å². The van der Waals surface area contributed by atoms with Gasteiger partial charge in [0.15, 0.2) is 13.2 Å². The third-order valence-electron chi connectivity index (χ3n) is 6.67. The number of methoxy groups -OCH3 is 2. The zero-order valence-corrected chi connectivity index (χ0v) is 27.6. The van der Waals surface area contributed by atoms with E-state index in [1.807, 2.05) is 24.3 Å². The van der Waals surface area contributed by atoms with Crippen LogP contribution in [0, 0.1) is 0 Å². The number of hydrogen-bond acceptors (Lipinski definition) is 11. The maximum absolute atomic E-state index is 12.9. The van der Waals surface area contributed by atoms with Crippen molar-refractivity contribution < 1.29 is 52.3 Å². The molecule has 2 N–H and O–H groups in total. The lowest BCUT2D eigenvalue weighted by Crippen LogP contribution is -2.26. The van der Waals surface area contributed by atoms with Crippen molar-refractivity contribution in [2.24, 2.45) is 0 Å². The molecule has 0 bridgehead atoms. The van der Waals surface area contributed by atoms with Crippen molar-refractivity contribution in [3.05, 3.63) is 77.4 Å². The van der Waals surface area contributed by atoms with E-state index in [9.17, 15) is 19.2 Å². The molecule has 0 saturated heterocycles. The van der Waals surface area contributed by atoms with Gasteiger partial charge in [-0.1, -0.05) is 12.1 Å². The lowest BCUT2D eigenvalue weighted by atomic mass is 10.1. The third-order valence-corrected chi connectivity index (χ3v) is 6.67. The minimum Gasteiger partial charge on any atom is -0.497 e. The van der Waals surface area contributed by atoms with Crippen LogP contribution in [-0.4, -0.2) is 84.1 Å². The minimum absolute atomic E-state index is 0.210. The molecular weight excluding hydrogens is 624 g/mol. The molecular formula is C35H42N2O11. The van der Waals surface area contributed by atoms with Gasteiger partial charge in [0.2, 0.25) is 0 Å². The number of rotatable bonds is 20. The molecule has 0 radical (unpaired) electrons. The molecule has 0 aliphatic heterocycles. The van der Waals surface area contributed by atoms with Gasteiger partial charge in [0, 0.05) is 25.2 Å². The van der Waals surface area contributed by atoms with Crippen LogP contribution in [-0.2, 0) is 25.5 Å². The first-order chi connectivity index (χ1) is 23.3. The van der Waals surface area contributed by atoms with Gasteiger partial charge in [-0.25, -0.2) is 9.59 Å². The molecule has 0 aliphatic carbocycles. The van der Waals surface area contributed by atoms with Gasteiger partial charge < -0.3 is 43.8 Å². The summed E-state index contributed by atoms with van der Waals surface area (Å²) >= 11 is 0. The van der Waals surface area contributed by atoms with Crippen LogP contribution in [0.3, 0.4) is 0 Å². The van der Waals surface area contributed by atoms with E-state index in [0.29, 0.717) is 49.8 Å². The van der Waals surface area contributed by atoms with Gasteiger partial charge in [-0.15, -0.1) is 0 Å². The van der Waals surface area contributed by atoms with E-state index in [1.165, 1.54) is 20.3 Å². The fourth-order valence-corrected chi connectivity index (χ4v) is 4.28. The van der Waals surface area contributed by atoms with Crippen LogP contribution in [0.1, 0.15) is 46.5 Å². The van der Waals surface area contributed by atoms with Crippen molar-refractivity contribution in [2.45, 2.75) is 26.7 Å². The Morgan fingerprint density at radius 2 is 1.08 bits per heavy atom. The fraction of sp³-hybridized carbons (Fsp3) is 0.371.